The van der Waals surface area contributed by atoms with E-state index in [1.165, 1.54) is 30.3 Å². The van der Waals surface area contributed by atoms with Crippen LogP contribution in [0.25, 0.3) is 0 Å². The predicted octanol–water partition coefficient (Wildman–Crippen LogP) is 5.39. The first kappa shape index (κ1) is 24.5. The smallest absolute Gasteiger partial charge is 0.417 e. The molecule has 0 amide bonds. The summed E-state index contributed by atoms with van der Waals surface area (Å²) in [6, 6.07) is 6.13. The number of allylic oxidation sites excluding steroid dienone is 4. The van der Waals surface area contributed by atoms with E-state index in [1.807, 2.05) is 19.9 Å². The van der Waals surface area contributed by atoms with Gasteiger partial charge in [0.25, 0.3) is 10.0 Å². The van der Waals surface area contributed by atoms with Gasteiger partial charge in [0.1, 0.15) is 5.75 Å². The van der Waals surface area contributed by atoms with Gasteiger partial charge >= 0.3 is 6.18 Å². The fraction of sp³-hybridized carbons (Fsp3) is 0.304. The molecule has 1 N–H and O–H groups in total. The van der Waals surface area contributed by atoms with Gasteiger partial charge in [0, 0.05) is 11.8 Å². The maximum absolute atomic E-state index is 13.3. The lowest BCUT2D eigenvalue weighted by atomic mass is 9.87. The van der Waals surface area contributed by atoms with Crippen LogP contribution in [0, 0.1) is 5.92 Å². The third-order valence-electron chi connectivity index (χ3n) is 4.89. The number of sulfonamides is 1. The number of benzene rings is 1. The number of Topliss-reactive ketones (excluding diaryl/α,β-unsaturated/α-hetero) is 1. The van der Waals surface area contributed by atoms with Crippen LogP contribution in [-0.4, -0.2) is 25.3 Å². The molecular weight excluding hydrogens is 457 g/mol. The lowest BCUT2D eigenvalue weighted by Gasteiger charge is -2.19. The first-order valence-corrected chi connectivity index (χ1v) is 11.6. The molecule has 1 aliphatic rings. The number of nitrogens with zero attached hydrogens (tertiary/aromatic N) is 1. The molecule has 1 heterocycles. The normalized spacial score (nSPS) is 16.5. The zero-order valence-corrected chi connectivity index (χ0v) is 19.0. The van der Waals surface area contributed by atoms with Gasteiger partial charge in [0.2, 0.25) is 0 Å². The number of carbonyl (C=O) groups excluding carboxylic acids is 1. The summed E-state index contributed by atoms with van der Waals surface area (Å²) in [7, 11) is -4.24. The number of hydrogen-bond acceptors (Lipinski definition) is 5. The van der Waals surface area contributed by atoms with E-state index in [0.29, 0.717) is 24.4 Å². The highest BCUT2D eigenvalue weighted by atomic mass is 32.2. The second-order valence-corrected chi connectivity index (χ2v) is 9.56. The molecule has 1 aromatic heterocycles. The van der Waals surface area contributed by atoms with Crippen molar-refractivity contribution in [2.45, 2.75) is 44.4 Å². The molecule has 33 heavy (non-hydrogen) atoms. The Hall–Kier alpha value is -3.14. The average Bonchev–Trinajstić information content (AvgIpc) is 2.73. The Balaban J connectivity index is 2.00. The van der Waals surface area contributed by atoms with Crippen LogP contribution in [0.2, 0.25) is 0 Å². The van der Waals surface area contributed by atoms with Crippen LogP contribution in [0.3, 0.4) is 0 Å². The van der Waals surface area contributed by atoms with Crippen molar-refractivity contribution in [2.24, 2.45) is 5.92 Å². The minimum absolute atomic E-state index is 0.109. The fourth-order valence-electron chi connectivity index (χ4n) is 3.23. The standard InChI is InChI=1S/C23H23F3N2O4S/c1-14(2)32-17-8-10-18(11-9-17)33(30,31)28-22-20(12-16(13-27-22)23(24,25)26)21(29)19-7-5-4-6-15(19)3/h4-5,7-15H,6H2,1-3H3,(H,27,28). The number of carbonyl (C=O) groups is 1. The number of nitrogens with one attached hydrogen (secondary N) is 1. The molecule has 2 aromatic rings. The minimum atomic E-state index is -4.75. The van der Waals surface area contributed by atoms with Crippen LogP contribution < -0.4 is 9.46 Å². The fourth-order valence-corrected chi connectivity index (χ4v) is 4.26. The van der Waals surface area contributed by atoms with E-state index >= 15 is 0 Å². The Labute approximate surface area is 190 Å². The molecule has 0 radical (unpaired) electrons. The van der Waals surface area contributed by atoms with Crippen molar-refractivity contribution in [1.82, 2.24) is 4.98 Å². The highest BCUT2D eigenvalue weighted by Gasteiger charge is 2.34. The molecular formula is C23H23F3N2O4S. The first-order chi connectivity index (χ1) is 15.4. The summed E-state index contributed by atoms with van der Waals surface area (Å²) >= 11 is 0. The van der Waals surface area contributed by atoms with Gasteiger partial charge in [0.15, 0.2) is 11.6 Å². The highest BCUT2D eigenvalue weighted by Crippen LogP contribution is 2.33. The summed E-state index contributed by atoms with van der Waals surface area (Å²) in [5.41, 5.74) is -1.35. The zero-order valence-electron chi connectivity index (χ0n) is 18.2. The van der Waals surface area contributed by atoms with Crippen molar-refractivity contribution in [3.8, 4) is 5.75 Å². The molecule has 0 fully saturated rings. The van der Waals surface area contributed by atoms with Crippen molar-refractivity contribution in [1.29, 1.82) is 0 Å². The number of ketones is 1. The number of ether oxygens (including phenoxy) is 1. The molecule has 0 aliphatic heterocycles. The molecule has 0 saturated carbocycles. The number of anilines is 1. The monoisotopic (exact) mass is 480 g/mol. The summed E-state index contributed by atoms with van der Waals surface area (Å²) < 4.78 is 73.3. The number of aromatic nitrogens is 1. The maximum atomic E-state index is 13.3. The summed E-state index contributed by atoms with van der Waals surface area (Å²) in [5.74, 6) is -0.976. The molecule has 0 saturated heterocycles. The number of halogens is 3. The number of rotatable bonds is 7. The van der Waals surface area contributed by atoms with E-state index in [2.05, 4.69) is 9.71 Å². The third-order valence-corrected chi connectivity index (χ3v) is 6.25. The molecule has 3 rings (SSSR count). The summed E-state index contributed by atoms with van der Waals surface area (Å²) in [6.45, 7) is 5.40. The molecule has 1 unspecified atom stereocenters. The van der Waals surface area contributed by atoms with E-state index in [9.17, 15) is 26.4 Å². The van der Waals surface area contributed by atoms with Crippen molar-refractivity contribution in [3.63, 3.8) is 0 Å². The van der Waals surface area contributed by atoms with Gasteiger partial charge < -0.3 is 4.74 Å². The van der Waals surface area contributed by atoms with Crippen LogP contribution in [0.5, 0.6) is 5.75 Å². The van der Waals surface area contributed by atoms with Gasteiger partial charge in [-0.1, -0.05) is 25.2 Å². The van der Waals surface area contributed by atoms with Crippen molar-refractivity contribution in [3.05, 3.63) is 71.5 Å². The van der Waals surface area contributed by atoms with Crippen LogP contribution in [-0.2, 0) is 16.2 Å². The van der Waals surface area contributed by atoms with E-state index in [4.69, 9.17) is 4.74 Å². The Morgan fingerprint density at radius 1 is 1.21 bits per heavy atom. The van der Waals surface area contributed by atoms with Crippen LogP contribution in [0.15, 0.2) is 65.2 Å². The van der Waals surface area contributed by atoms with E-state index in [1.54, 1.807) is 13.0 Å². The Morgan fingerprint density at radius 3 is 2.45 bits per heavy atom. The number of hydrogen-bond donors (Lipinski definition) is 1. The largest absolute Gasteiger partial charge is 0.491 e. The van der Waals surface area contributed by atoms with Crippen molar-refractivity contribution >= 4 is 21.6 Å². The van der Waals surface area contributed by atoms with E-state index in [0.717, 1.165) is 0 Å². The Morgan fingerprint density at radius 2 is 1.88 bits per heavy atom. The van der Waals surface area contributed by atoms with Gasteiger partial charge in [0.05, 0.1) is 22.1 Å². The highest BCUT2D eigenvalue weighted by molar-refractivity contribution is 7.92. The molecule has 6 nitrogen and oxygen atoms in total. The maximum Gasteiger partial charge on any atom is 0.417 e. The van der Waals surface area contributed by atoms with Gasteiger partial charge in [-0.15, -0.1) is 0 Å². The van der Waals surface area contributed by atoms with E-state index in [-0.39, 0.29) is 22.5 Å². The van der Waals surface area contributed by atoms with Gasteiger partial charge in [-0.3, -0.25) is 9.52 Å². The average molecular weight is 481 g/mol. The van der Waals surface area contributed by atoms with Gasteiger partial charge in [-0.2, -0.15) is 13.2 Å². The molecule has 1 atom stereocenters. The van der Waals surface area contributed by atoms with Crippen molar-refractivity contribution in [2.75, 3.05) is 4.72 Å². The van der Waals surface area contributed by atoms with Crippen LogP contribution in [0.4, 0.5) is 19.0 Å². The second-order valence-electron chi connectivity index (χ2n) is 7.88. The molecule has 1 aliphatic carbocycles. The van der Waals surface area contributed by atoms with Crippen LogP contribution in [0.1, 0.15) is 43.1 Å². The Kier molecular flexibility index (Phi) is 6.97. The summed E-state index contributed by atoms with van der Waals surface area (Å²) in [5, 5.41) is 0. The molecule has 1 aromatic carbocycles. The predicted molar refractivity (Wildman–Crippen MR) is 118 cm³/mol. The number of pyridine rings is 1. The van der Waals surface area contributed by atoms with E-state index < -0.39 is 38.9 Å². The second kappa shape index (κ2) is 9.38. The zero-order chi connectivity index (χ0) is 24.4. The summed E-state index contributed by atoms with van der Waals surface area (Å²) in [4.78, 5) is 16.6. The molecule has 0 spiro atoms. The first-order valence-electron chi connectivity index (χ1n) is 10.2. The summed E-state index contributed by atoms with van der Waals surface area (Å²) in [6.07, 6.45) is 1.16. The Bertz CT molecular complexity index is 1200. The quantitative estimate of drug-likeness (QED) is 0.537. The molecule has 176 valence electrons. The lowest BCUT2D eigenvalue weighted by Crippen LogP contribution is -2.20. The third kappa shape index (κ3) is 5.81. The van der Waals surface area contributed by atoms with Gasteiger partial charge in [-0.05, 0) is 56.5 Å². The lowest BCUT2D eigenvalue weighted by molar-refractivity contribution is -0.137. The topological polar surface area (TPSA) is 85.4 Å². The molecule has 0 bridgehead atoms. The minimum Gasteiger partial charge on any atom is -0.491 e. The number of alkyl halides is 3. The van der Waals surface area contributed by atoms with Crippen molar-refractivity contribution < 1.29 is 31.1 Å². The SMILES string of the molecule is CC(C)Oc1ccc(S(=O)(=O)Nc2ncc(C(F)(F)F)cc2C(=O)C2=CC=CCC2C)cc1. The van der Waals surface area contributed by atoms with Crippen LogP contribution >= 0.6 is 0 Å². The van der Waals surface area contributed by atoms with Gasteiger partial charge in [-0.25, -0.2) is 13.4 Å². The molecule has 10 heteroatoms.